The van der Waals surface area contributed by atoms with Crippen LogP contribution in [0.4, 0.5) is 0 Å². The number of Topliss-reactive ketones (excluding diaryl/α,β-unsaturated/α-hetero) is 1. The molecule has 1 saturated carbocycles. The zero-order valence-corrected chi connectivity index (χ0v) is 18.3. The van der Waals surface area contributed by atoms with E-state index in [1.165, 1.54) is 11.1 Å². The molecule has 0 bridgehead atoms. The second kappa shape index (κ2) is 7.22. The highest BCUT2D eigenvalue weighted by Gasteiger charge is 2.44. The maximum absolute atomic E-state index is 13.2. The molecule has 3 aromatic rings. The number of furan rings is 1. The number of amides is 1. The van der Waals surface area contributed by atoms with E-state index in [9.17, 15) is 9.59 Å². The zero-order valence-electron chi connectivity index (χ0n) is 18.3. The minimum absolute atomic E-state index is 0.0267. The molecular weight excluding hydrogens is 402 g/mol. The molecule has 2 heterocycles. The molecule has 1 amide bonds. The van der Waals surface area contributed by atoms with Gasteiger partial charge in [-0.25, -0.2) is 0 Å². The smallest absolute Gasteiger partial charge is 0.287 e. The van der Waals surface area contributed by atoms with E-state index in [1.807, 2.05) is 31.2 Å². The van der Waals surface area contributed by atoms with Gasteiger partial charge in [-0.3, -0.25) is 9.59 Å². The topological polar surface area (TPSA) is 68.5 Å². The maximum Gasteiger partial charge on any atom is 0.287 e. The van der Waals surface area contributed by atoms with Crippen LogP contribution in [0, 0.1) is 6.92 Å². The lowest BCUT2D eigenvalue weighted by atomic mass is 9.86. The number of rotatable bonds is 2. The van der Waals surface area contributed by atoms with E-state index in [1.54, 1.807) is 0 Å². The minimum Gasteiger partial charge on any atom is -0.486 e. The summed E-state index contributed by atoms with van der Waals surface area (Å²) in [5, 5.41) is 3.89. The lowest BCUT2D eigenvalue weighted by molar-refractivity contribution is 0.0454. The number of carbonyl (C=O) groups is 2. The lowest BCUT2D eigenvalue weighted by Crippen LogP contribution is -2.39. The van der Waals surface area contributed by atoms with Crippen LogP contribution in [-0.4, -0.2) is 17.3 Å². The third-order valence-electron chi connectivity index (χ3n) is 7.54. The molecule has 0 radical (unpaired) electrons. The summed E-state index contributed by atoms with van der Waals surface area (Å²) in [5.74, 6) is 0.777. The van der Waals surface area contributed by atoms with E-state index in [-0.39, 0.29) is 29.1 Å². The highest BCUT2D eigenvalue weighted by molar-refractivity contribution is 6.13. The molecule has 32 heavy (non-hydrogen) atoms. The van der Waals surface area contributed by atoms with E-state index in [0.29, 0.717) is 28.9 Å². The zero-order chi connectivity index (χ0) is 21.9. The van der Waals surface area contributed by atoms with E-state index in [2.05, 4.69) is 17.4 Å². The second-order valence-corrected chi connectivity index (χ2v) is 9.58. The normalized spacial score (nSPS) is 21.3. The summed E-state index contributed by atoms with van der Waals surface area (Å²) in [4.78, 5) is 26.5. The molecule has 3 aliphatic rings. The number of fused-ring (bicyclic) bond motifs is 4. The number of hydrogen-bond donors (Lipinski definition) is 1. The van der Waals surface area contributed by atoms with Crippen LogP contribution >= 0.6 is 0 Å². The van der Waals surface area contributed by atoms with Gasteiger partial charge in [-0.05, 0) is 75.1 Å². The predicted molar refractivity (Wildman–Crippen MR) is 121 cm³/mol. The quantitative estimate of drug-likeness (QED) is 0.557. The van der Waals surface area contributed by atoms with Crippen molar-refractivity contribution in [3.05, 3.63) is 64.4 Å². The number of nitrogens with one attached hydrogen (secondary N) is 1. The molecule has 5 heteroatoms. The molecule has 1 N–H and O–H groups in total. The Morgan fingerprint density at radius 1 is 1.09 bits per heavy atom. The summed E-state index contributed by atoms with van der Waals surface area (Å²) < 4.78 is 12.4. The van der Waals surface area contributed by atoms with Crippen molar-refractivity contribution < 1.29 is 18.7 Å². The van der Waals surface area contributed by atoms with Crippen molar-refractivity contribution in [2.24, 2.45) is 0 Å². The van der Waals surface area contributed by atoms with Gasteiger partial charge in [0, 0.05) is 10.9 Å². The fourth-order valence-electron chi connectivity index (χ4n) is 5.98. The van der Waals surface area contributed by atoms with Crippen molar-refractivity contribution in [3.8, 4) is 5.75 Å². The van der Waals surface area contributed by atoms with Gasteiger partial charge < -0.3 is 14.5 Å². The molecule has 1 fully saturated rings. The first-order chi connectivity index (χ1) is 15.5. The van der Waals surface area contributed by atoms with Crippen molar-refractivity contribution in [3.63, 3.8) is 0 Å². The van der Waals surface area contributed by atoms with Gasteiger partial charge >= 0.3 is 0 Å². The molecule has 0 saturated heterocycles. The van der Waals surface area contributed by atoms with E-state index < -0.39 is 0 Å². The highest BCUT2D eigenvalue weighted by Crippen LogP contribution is 2.46. The standard InChI is InChI=1S/C27H27NO4/c1-16-23-21(11-12-22-24(23)20(29)15-27(32-22)13-4-5-14-27)31-25(16)26(30)28-19-10-6-8-17-7-2-3-9-18(17)19/h2-3,7,9,11-12,19H,4-6,8,10,13-15H2,1H3,(H,28,30). The number of aryl methyl sites for hydroxylation is 2. The lowest BCUT2D eigenvalue weighted by Gasteiger charge is -2.34. The van der Waals surface area contributed by atoms with Crippen LogP contribution in [0.5, 0.6) is 5.75 Å². The van der Waals surface area contributed by atoms with Crippen molar-refractivity contribution >= 4 is 22.7 Å². The minimum atomic E-state index is -0.343. The fraction of sp³-hybridized carbons (Fsp3) is 0.407. The first-order valence-corrected chi connectivity index (χ1v) is 11.7. The van der Waals surface area contributed by atoms with Gasteiger partial charge in [-0.2, -0.15) is 0 Å². The van der Waals surface area contributed by atoms with Crippen LogP contribution in [0.1, 0.15) is 88.6 Å². The molecule has 1 unspecified atom stereocenters. The van der Waals surface area contributed by atoms with Crippen LogP contribution in [0.3, 0.4) is 0 Å². The summed E-state index contributed by atoms with van der Waals surface area (Å²) in [6.07, 6.45) is 7.46. The van der Waals surface area contributed by atoms with Gasteiger partial charge in [0.2, 0.25) is 0 Å². The molecule has 164 valence electrons. The summed E-state index contributed by atoms with van der Waals surface area (Å²) in [5.41, 5.74) is 3.98. The van der Waals surface area contributed by atoms with Crippen LogP contribution in [-0.2, 0) is 6.42 Å². The first-order valence-electron chi connectivity index (χ1n) is 11.7. The number of carbonyl (C=O) groups excluding carboxylic acids is 2. The third kappa shape index (κ3) is 2.98. The average molecular weight is 430 g/mol. The summed E-state index contributed by atoms with van der Waals surface area (Å²) in [6, 6.07) is 11.9. The summed E-state index contributed by atoms with van der Waals surface area (Å²) >= 11 is 0. The van der Waals surface area contributed by atoms with Gasteiger partial charge in [-0.1, -0.05) is 24.3 Å². The average Bonchev–Trinajstić information content (AvgIpc) is 3.38. The number of ether oxygens (including phenoxy) is 1. The molecule has 6 rings (SSSR count). The van der Waals surface area contributed by atoms with Gasteiger partial charge in [0.25, 0.3) is 5.91 Å². The Balaban J connectivity index is 1.35. The van der Waals surface area contributed by atoms with Crippen LogP contribution in [0.2, 0.25) is 0 Å². The molecular formula is C27H27NO4. The molecule has 1 aromatic heterocycles. The van der Waals surface area contributed by atoms with Gasteiger partial charge in [-0.15, -0.1) is 0 Å². The molecule has 1 aliphatic heterocycles. The molecule has 2 aromatic carbocycles. The van der Waals surface area contributed by atoms with E-state index >= 15 is 0 Å². The SMILES string of the molecule is Cc1c(C(=O)NC2CCCc3ccccc32)oc2ccc3c(c12)C(=O)CC1(CCCC1)O3. The van der Waals surface area contributed by atoms with Gasteiger partial charge in [0.15, 0.2) is 11.5 Å². The van der Waals surface area contributed by atoms with Crippen LogP contribution < -0.4 is 10.1 Å². The number of benzene rings is 2. The molecule has 1 atom stereocenters. The maximum atomic E-state index is 13.2. The Hall–Kier alpha value is -3.08. The Morgan fingerprint density at radius 3 is 2.75 bits per heavy atom. The van der Waals surface area contributed by atoms with Crippen molar-refractivity contribution in [1.29, 1.82) is 0 Å². The Morgan fingerprint density at radius 2 is 1.91 bits per heavy atom. The number of ketones is 1. The van der Waals surface area contributed by atoms with Crippen LogP contribution in [0.25, 0.3) is 11.0 Å². The van der Waals surface area contributed by atoms with Crippen molar-refractivity contribution in [2.45, 2.75) is 69.9 Å². The van der Waals surface area contributed by atoms with Gasteiger partial charge in [0.05, 0.1) is 18.0 Å². The summed E-state index contributed by atoms with van der Waals surface area (Å²) in [6.45, 7) is 1.86. The fourth-order valence-corrected chi connectivity index (χ4v) is 5.98. The Labute approximate surface area is 187 Å². The molecule has 1 spiro atoms. The van der Waals surface area contributed by atoms with E-state index in [4.69, 9.17) is 9.15 Å². The van der Waals surface area contributed by atoms with Crippen molar-refractivity contribution in [1.82, 2.24) is 5.32 Å². The second-order valence-electron chi connectivity index (χ2n) is 9.58. The number of hydrogen-bond acceptors (Lipinski definition) is 4. The van der Waals surface area contributed by atoms with Gasteiger partial charge in [0.1, 0.15) is 16.9 Å². The third-order valence-corrected chi connectivity index (χ3v) is 7.54. The van der Waals surface area contributed by atoms with E-state index in [0.717, 1.165) is 50.3 Å². The predicted octanol–water partition coefficient (Wildman–Crippen LogP) is 5.83. The Bertz CT molecular complexity index is 1250. The molecule has 5 nitrogen and oxygen atoms in total. The van der Waals surface area contributed by atoms with Crippen LogP contribution in [0.15, 0.2) is 40.8 Å². The Kier molecular flexibility index (Phi) is 4.42. The summed E-state index contributed by atoms with van der Waals surface area (Å²) in [7, 11) is 0. The molecule has 2 aliphatic carbocycles. The largest absolute Gasteiger partial charge is 0.486 e. The first kappa shape index (κ1) is 19.6. The highest BCUT2D eigenvalue weighted by atomic mass is 16.5. The monoisotopic (exact) mass is 429 g/mol. The van der Waals surface area contributed by atoms with Crippen molar-refractivity contribution in [2.75, 3.05) is 0 Å².